The Hall–Kier alpha value is -2.97. The second-order valence-electron chi connectivity index (χ2n) is 12.3. The first-order valence-electron chi connectivity index (χ1n) is 14.3. The number of phenols is 1. The zero-order valence-corrected chi connectivity index (χ0v) is 26.2. The van der Waals surface area contributed by atoms with Gasteiger partial charge in [-0.3, -0.25) is 0 Å². The molecule has 0 spiro atoms. The summed E-state index contributed by atoms with van der Waals surface area (Å²) >= 11 is 0. The van der Waals surface area contributed by atoms with Crippen LogP contribution in [0.15, 0.2) is 102 Å². The number of fused-ring (bicyclic) bond motifs is 1. The lowest BCUT2D eigenvalue weighted by atomic mass is 9.97. The Labute approximate surface area is 245 Å². The molecule has 1 saturated heterocycles. The third-order valence-corrected chi connectivity index (χ3v) is 15.3. The quantitative estimate of drug-likeness (QED) is 0.259. The molecule has 216 valence electrons. The van der Waals surface area contributed by atoms with Crippen molar-refractivity contribution < 1.29 is 22.7 Å². The fraction of sp³-hybridized carbons (Fsp3) is 0.353. The monoisotopic (exact) mass is 588 g/mol. The standard InChI is InChI=1S/C34H40O5SSi/c1-25(20-26-12-11-13-28(35)21-26)18-19-31-33-27(24-40(36,37)32(33)23-38-31)22-39-41(34(2,3)4,29-14-7-5-8-15-29)30-16-9-6-10-17-30/h5-17,20-21,31-32,35H,18-19,22-24H2,1-4H3/b25-20+/t31-,32+/m1/s1. The zero-order chi connectivity index (χ0) is 29.3. The SMILES string of the molecule is C/C(=C\c1cccc(O)c1)CC[C@H]1OC[C@H]2C1=C(CO[Si](c1ccccc1)(c1ccccc1)C(C)(C)C)CS2(=O)=O. The molecule has 5 nitrogen and oxygen atoms in total. The molecule has 41 heavy (non-hydrogen) atoms. The second kappa shape index (κ2) is 11.7. The van der Waals surface area contributed by atoms with Gasteiger partial charge in [-0.15, -0.1) is 0 Å². The van der Waals surface area contributed by atoms with Gasteiger partial charge in [-0.05, 0) is 64.0 Å². The van der Waals surface area contributed by atoms with Gasteiger partial charge in [-0.2, -0.15) is 0 Å². The molecule has 5 rings (SSSR count). The van der Waals surface area contributed by atoms with Gasteiger partial charge >= 0.3 is 0 Å². The summed E-state index contributed by atoms with van der Waals surface area (Å²) in [5, 5.41) is 11.4. The van der Waals surface area contributed by atoms with E-state index in [2.05, 4.69) is 82.3 Å². The van der Waals surface area contributed by atoms with Gasteiger partial charge in [0.15, 0.2) is 9.84 Å². The second-order valence-corrected chi connectivity index (χ2v) is 18.7. The van der Waals surface area contributed by atoms with Crippen LogP contribution >= 0.6 is 0 Å². The molecular formula is C34H40O5SSi. The molecule has 2 aliphatic heterocycles. The third-order valence-electron chi connectivity index (χ3n) is 8.32. The normalized spacial score (nSPS) is 20.8. The maximum atomic E-state index is 13.3. The molecular weight excluding hydrogens is 549 g/mol. The van der Waals surface area contributed by atoms with Crippen LogP contribution in [-0.4, -0.2) is 52.2 Å². The molecule has 0 unspecified atom stereocenters. The van der Waals surface area contributed by atoms with Gasteiger partial charge in [0.25, 0.3) is 8.32 Å². The minimum Gasteiger partial charge on any atom is -0.508 e. The lowest BCUT2D eigenvalue weighted by Gasteiger charge is -2.43. The van der Waals surface area contributed by atoms with E-state index in [0.717, 1.165) is 28.7 Å². The largest absolute Gasteiger partial charge is 0.508 e. The summed E-state index contributed by atoms with van der Waals surface area (Å²) in [6.45, 7) is 9.23. The van der Waals surface area contributed by atoms with E-state index in [0.29, 0.717) is 6.42 Å². The number of allylic oxidation sites excluding steroid dienone is 1. The van der Waals surface area contributed by atoms with Crippen LogP contribution in [0.5, 0.6) is 5.75 Å². The van der Waals surface area contributed by atoms with E-state index in [-0.39, 0.29) is 35.9 Å². The number of hydrogen-bond donors (Lipinski definition) is 1. The summed E-state index contributed by atoms with van der Waals surface area (Å²) in [7, 11) is -6.15. The van der Waals surface area contributed by atoms with Gasteiger partial charge < -0.3 is 14.3 Å². The highest BCUT2D eigenvalue weighted by Gasteiger charge is 2.52. The van der Waals surface area contributed by atoms with Crippen LogP contribution in [0.25, 0.3) is 6.08 Å². The Morgan fingerprint density at radius 3 is 2.22 bits per heavy atom. The minimum absolute atomic E-state index is 0.0309. The minimum atomic E-state index is -3.34. The Balaban J connectivity index is 1.45. The highest BCUT2D eigenvalue weighted by molar-refractivity contribution is 7.92. The molecule has 0 bridgehead atoms. The number of ether oxygens (including phenoxy) is 1. The fourth-order valence-electron chi connectivity index (χ4n) is 6.42. The molecule has 3 aromatic rings. The molecule has 0 aromatic heterocycles. The van der Waals surface area contributed by atoms with Crippen LogP contribution < -0.4 is 10.4 Å². The lowest BCUT2D eigenvalue weighted by Crippen LogP contribution is -2.66. The molecule has 1 N–H and O–H groups in total. The first-order valence-corrected chi connectivity index (χ1v) is 17.9. The van der Waals surface area contributed by atoms with Crippen LogP contribution in [0.1, 0.15) is 46.1 Å². The van der Waals surface area contributed by atoms with Gasteiger partial charge in [0.1, 0.15) is 11.0 Å². The molecule has 2 aliphatic rings. The van der Waals surface area contributed by atoms with Gasteiger partial charge in [0, 0.05) is 0 Å². The van der Waals surface area contributed by atoms with Crippen LogP contribution in [-0.2, 0) is 19.0 Å². The first-order chi connectivity index (χ1) is 19.5. The summed E-state index contributed by atoms with van der Waals surface area (Å²) in [6.07, 6.45) is 3.27. The van der Waals surface area contributed by atoms with Crippen LogP contribution in [0, 0.1) is 0 Å². The van der Waals surface area contributed by atoms with E-state index in [4.69, 9.17) is 9.16 Å². The van der Waals surface area contributed by atoms with Crippen LogP contribution in [0.2, 0.25) is 5.04 Å². The van der Waals surface area contributed by atoms with Crippen molar-refractivity contribution in [3.05, 3.63) is 107 Å². The summed E-state index contributed by atoms with van der Waals surface area (Å²) in [5.41, 5.74) is 3.86. The van der Waals surface area contributed by atoms with Crippen molar-refractivity contribution in [1.82, 2.24) is 0 Å². The summed E-state index contributed by atoms with van der Waals surface area (Å²) in [6, 6.07) is 28.0. The summed E-state index contributed by atoms with van der Waals surface area (Å²) in [4.78, 5) is 0. The van der Waals surface area contributed by atoms with Crippen molar-refractivity contribution in [3.8, 4) is 5.75 Å². The molecule has 3 aromatic carbocycles. The summed E-state index contributed by atoms with van der Waals surface area (Å²) < 4.78 is 39.8. The number of hydrogen-bond acceptors (Lipinski definition) is 5. The van der Waals surface area contributed by atoms with Crippen LogP contribution in [0.4, 0.5) is 0 Å². The molecule has 1 fully saturated rings. The highest BCUT2D eigenvalue weighted by atomic mass is 32.2. The summed E-state index contributed by atoms with van der Waals surface area (Å²) in [5.74, 6) is 0.267. The Bertz CT molecular complexity index is 1500. The highest BCUT2D eigenvalue weighted by Crippen LogP contribution is 2.41. The number of rotatable bonds is 9. The van der Waals surface area contributed by atoms with Crippen molar-refractivity contribution >= 4 is 34.6 Å². The van der Waals surface area contributed by atoms with Crippen molar-refractivity contribution in [3.63, 3.8) is 0 Å². The van der Waals surface area contributed by atoms with Crippen LogP contribution in [0.3, 0.4) is 0 Å². The predicted octanol–water partition coefficient (Wildman–Crippen LogP) is 5.64. The first kappa shape index (κ1) is 29.5. The topological polar surface area (TPSA) is 72.8 Å². The molecule has 7 heteroatoms. The molecule has 0 aliphatic carbocycles. The van der Waals surface area contributed by atoms with Crippen molar-refractivity contribution in [2.24, 2.45) is 0 Å². The number of aromatic hydroxyl groups is 1. The molecule has 0 radical (unpaired) electrons. The van der Waals surface area contributed by atoms with Crippen molar-refractivity contribution in [2.45, 2.75) is 56.9 Å². The predicted molar refractivity (Wildman–Crippen MR) is 169 cm³/mol. The van der Waals surface area contributed by atoms with Gasteiger partial charge in [-0.1, -0.05) is 105 Å². The Kier molecular flexibility index (Phi) is 8.44. The average Bonchev–Trinajstić information content (AvgIpc) is 3.47. The van der Waals surface area contributed by atoms with Gasteiger partial charge in [-0.25, -0.2) is 8.42 Å². The lowest BCUT2D eigenvalue weighted by molar-refractivity contribution is 0.117. The Morgan fingerprint density at radius 2 is 1.63 bits per heavy atom. The van der Waals surface area contributed by atoms with E-state index in [1.165, 1.54) is 10.4 Å². The number of sulfone groups is 1. The third kappa shape index (κ3) is 6.00. The van der Waals surface area contributed by atoms with E-state index in [1.807, 2.05) is 24.3 Å². The van der Waals surface area contributed by atoms with E-state index >= 15 is 0 Å². The van der Waals surface area contributed by atoms with E-state index < -0.39 is 23.4 Å². The smallest absolute Gasteiger partial charge is 0.261 e. The molecule has 2 heterocycles. The molecule has 2 atom stereocenters. The van der Waals surface area contributed by atoms with E-state index in [1.54, 1.807) is 12.1 Å². The fourth-order valence-corrected chi connectivity index (χ4v) is 12.9. The molecule has 0 saturated carbocycles. The Morgan fingerprint density at radius 1 is 1.00 bits per heavy atom. The maximum Gasteiger partial charge on any atom is 0.261 e. The molecule has 0 amide bonds. The van der Waals surface area contributed by atoms with Gasteiger partial charge in [0.2, 0.25) is 0 Å². The van der Waals surface area contributed by atoms with Gasteiger partial charge in [0.05, 0.1) is 25.1 Å². The van der Waals surface area contributed by atoms with E-state index in [9.17, 15) is 13.5 Å². The van der Waals surface area contributed by atoms with Crippen molar-refractivity contribution in [1.29, 1.82) is 0 Å². The number of benzene rings is 3. The average molecular weight is 589 g/mol. The zero-order valence-electron chi connectivity index (χ0n) is 24.3. The number of phenolic OH excluding ortho intramolecular Hbond substituents is 1. The van der Waals surface area contributed by atoms with Crippen molar-refractivity contribution in [2.75, 3.05) is 19.0 Å². The maximum absolute atomic E-state index is 13.3.